The quantitative estimate of drug-likeness (QED) is 0.396. The molecule has 0 aliphatic heterocycles. The van der Waals surface area contributed by atoms with Crippen molar-refractivity contribution in [3.8, 4) is 5.69 Å². The number of para-hydroxylation sites is 2. The van der Waals surface area contributed by atoms with Crippen molar-refractivity contribution >= 4 is 32.6 Å². The number of rotatable bonds is 5. The SMILES string of the molecule is Cc1c(C(=O)N(Cc2ccccn2)c2nc3ccccc3s2)cnn1-c1ccccc1. The number of benzene rings is 2. The molecule has 0 fully saturated rings. The molecule has 5 aromatic rings. The van der Waals surface area contributed by atoms with Gasteiger partial charge in [0.25, 0.3) is 5.91 Å². The van der Waals surface area contributed by atoms with Crippen LogP contribution in [0.25, 0.3) is 15.9 Å². The van der Waals surface area contributed by atoms with Crippen LogP contribution in [0.2, 0.25) is 0 Å². The van der Waals surface area contributed by atoms with E-state index in [9.17, 15) is 4.79 Å². The predicted molar refractivity (Wildman–Crippen MR) is 123 cm³/mol. The Kier molecular flexibility index (Phi) is 5.01. The van der Waals surface area contributed by atoms with Gasteiger partial charge in [-0.15, -0.1) is 0 Å². The van der Waals surface area contributed by atoms with Crippen LogP contribution in [0.4, 0.5) is 5.13 Å². The van der Waals surface area contributed by atoms with E-state index in [1.807, 2.05) is 79.7 Å². The topological polar surface area (TPSA) is 63.9 Å². The fourth-order valence-electron chi connectivity index (χ4n) is 3.45. The molecule has 0 unspecified atom stereocenters. The van der Waals surface area contributed by atoms with E-state index in [0.29, 0.717) is 17.2 Å². The molecule has 0 bridgehead atoms. The Morgan fingerprint density at radius 3 is 2.55 bits per heavy atom. The molecule has 5 rings (SSSR count). The van der Waals surface area contributed by atoms with Gasteiger partial charge in [0.1, 0.15) is 0 Å². The normalized spacial score (nSPS) is 11.0. The zero-order valence-corrected chi connectivity index (χ0v) is 17.7. The van der Waals surface area contributed by atoms with Gasteiger partial charge in [0, 0.05) is 6.20 Å². The predicted octanol–water partition coefficient (Wildman–Crippen LogP) is 5.03. The molecule has 31 heavy (non-hydrogen) atoms. The summed E-state index contributed by atoms with van der Waals surface area (Å²) in [5, 5.41) is 5.11. The summed E-state index contributed by atoms with van der Waals surface area (Å²) in [4.78, 5) is 24.5. The first-order chi connectivity index (χ1) is 15.2. The number of anilines is 1. The van der Waals surface area contributed by atoms with Crippen LogP contribution in [0.15, 0.2) is 85.2 Å². The highest BCUT2D eigenvalue weighted by Crippen LogP contribution is 2.31. The lowest BCUT2D eigenvalue weighted by Gasteiger charge is -2.19. The number of hydrogen-bond acceptors (Lipinski definition) is 5. The van der Waals surface area contributed by atoms with Gasteiger partial charge in [-0.3, -0.25) is 14.7 Å². The maximum atomic E-state index is 13.7. The maximum absolute atomic E-state index is 13.7. The molecule has 0 spiro atoms. The monoisotopic (exact) mass is 425 g/mol. The molecule has 0 radical (unpaired) electrons. The summed E-state index contributed by atoms with van der Waals surface area (Å²) < 4.78 is 2.82. The van der Waals surface area contributed by atoms with E-state index in [-0.39, 0.29) is 5.91 Å². The molecule has 2 aromatic carbocycles. The molecular formula is C24H19N5OS. The van der Waals surface area contributed by atoms with Crippen LogP contribution in [0.1, 0.15) is 21.7 Å². The second-order valence-corrected chi connectivity index (χ2v) is 8.08. The lowest BCUT2D eigenvalue weighted by atomic mass is 10.2. The number of amides is 1. The van der Waals surface area contributed by atoms with E-state index < -0.39 is 0 Å². The van der Waals surface area contributed by atoms with Crippen molar-refractivity contribution in [2.75, 3.05) is 4.90 Å². The lowest BCUT2D eigenvalue weighted by molar-refractivity contribution is 0.0984. The van der Waals surface area contributed by atoms with Gasteiger partial charge in [0.15, 0.2) is 5.13 Å². The summed E-state index contributed by atoms with van der Waals surface area (Å²) in [6.07, 6.45) is 3.36. The first-order valence-corrected chi connectivity index (χ1v) is 10.7. The van der Waals surface area contributed by atoms with Crippen molar-refractivity contribution in [2.45, 2.75) is 13.5 Å². The van der Waals surface area contributed by atoms with Crippen molar-refractivity contribution in [1.29, 1.82) is 0 Å². The average molecular weight is 426 g/mol. The number of fused-ring (bicyclic) bond motifs is 1. The molecule has 0 aliphatic rings. The van der Waals surface area contributed by atoms with Crippen LogP contribution in [-0.4, -0.2) is 25.7 Å². The van der Waals surface area contributed by atoms with E-state index in [0.717, 1.165) is 27.3 Å². The molecule has 6 nitrogen and oxygen atoms in total. The van der Waals surface area contributed by atoms with Gasteiger partial charge in [-0.25, -0.2) is 9.67 Å². The summed E-state index contributed by atoms with van der Waals surface area (Å²) in [7, 11) is 0. The third-order valence-corrected chi connectivity index (χ3v) is 6.11. The first-order valence-electron chi connectivity index (χ1n) is 9.88. The zero-order chi connectivity index (χ0) is 21.2. The molecule has 7 heteroatoms. The van der Waals surface area contributed by atoms with E-state index in [1.165, 1.54) is 11.3 Å². The third-order valence-electron chi connectivity index (χ3n) is 5.05. The highest BCUT2D eigenvalue weighted by molar-refractivity contribution is 7.22. The fraction of sp³-hybridized carbons (Fsp3) is 0.0833. The third kappa shape index (κ3) is 3.71. The van der Waals surface area contributed by atoms with Crippen molar-refractivity contribution in [3.05, 3.63) is 102 Å². The smallest absolute Gasteiger partial charge is 0.263 e. The van der Waals surface area contributed by atoms with Crippen LogP contribution in [-0.2, 0) is 6.54 Å². The van der Waals surface area contributed by atoms with E-state index in [4.69, 9.17) is 4.98 Å². The second-order valence-electron chi connectivity index (χ2n) is 7.07. The van der Waals surface area contributed by atoms with E-state index in [1.54, 1.807) is 22.0 Å². The fourth-order valence-corrected chi connectivity index (χ4v) is 4.41. The highest BCUT2D eigenvalue weighted by Gasteiger charge is 2.25. The van der Waals surface area contributed by atoms with Crippen LogP contribution >= 0.6 is 11.3 Å². The number of carbonyl (C=O) groups excluding carboxylic acids is 1. The lowest BCUT2D eigenvalue weighted by Crippen LogP contribution is -2.31. The van der Waals surface area contributed by atoms with Crippen molar-refractivity contribution in [1.82, 2.24) is 19.7 Å². The number of nitrogens with zero attached hydrogens (tertiary/aromatic N) is 5. The summed E-state index contributed by atoms with van der Waals surface area (Å²) in [5.74, 6) is -0.149. The summed E-state index contributed by atoms with van der Waals surface area (Å²) in [6.45, 7) is 2.24. The number of carbonyl (C=O) groups is 1. The molecule has 0 saturated heterocycles. The van der Waals surface area contributed by atoms with Gasteiger partial charge < -0.3 is 0 Å². The standard InChI is InChI=1S/C24H19N5OS/c1-17-20(15-26-29(17)19-10-3-2-4-11-19)23(30)28(16-18-9-7-8-14-25-18)24-27-21-12-5-6-13-22(21)31-24/h2-15H,16H2,1H3. The number of hydrogen-bond donors (Lipinski definition) is 0. The van der Waals surface area contributed by atoms with Gasteiger partial charge in [-0.2, -0.15) is 5.10 Å². The molecule has 0 atom stereocenters. The van der Waals surface area contributed by atoms with Gasteiger partial charge >= 0.3 is 0 Å². The Labute approximate surface area is 183 Å². The minimum Gasteiger partial charge on any atom is -0.278 e. The van der Waals surface area contributed by atoms with Crippen molar-refractivity contribution < 1.29 is 4.79 Å². The molecule has 1 amide bonds. The first kappa shape index (κ1) is 19.1. The summed E-state index contributed by atoms with van der Waals surface area (Å²) in [5.41, 5.74) is 3.90. The summed E-state index contributed by atoms with van der Waals surface area (Å²) in [6, 6.07) is 23.4. The Hall–Kier alpha value is -3.84. The Balaban J connectivity index is 1.56. The number of aromatic nitrogens is 4. The molecular weight excluding hydrogens is 406 g/mol. The van der Waals surface area contributed by atoms with E-state index >= 15 is 0 Å². The van der Waals surface area contributed by atoms with E-state index in [2.05, 4.69) is 10.1 Å². The van der Waals surface area contributed by atoms with Crippen molar-refractivity contribution in [2.24, 2.45) is 0 Å². The highest BCUT2D eigenvalue weighted by atomic mass is 32.1. The van der Waals surface area contributed by atoms with Crippen LogP contribution in [0.5, 0.6) is 0 Å². The molecule has 152 valence electrons. The van der Waals surface area contributed by atoms with Crippen LogP contribution < -0.4 is 4.90 Å². The van der Waals surface area contributed by atoms with Gasteiger partial charge in [-0.1, -0.05) is 47.7 Å². The second kappa shape index (κ2) is 8.12. The van der Waals surface area contributed by atoms with Crippen LogP contribution in [0.3, 0.4) is 0 Å². The summed E-state index contributed by atoms with van der Waals surface area (Å²) >= 11 is 1.50. The molecule has 0 N–H and O–H groups in total. The Morgan fingerprint density at radius 2 is 1.77 bits per heavy atom. The van der Waals surface area contributed by atoms with Crippen molar-refractivity contribution in [3.63, 3.8) is 0 Å². The molecule has 3 aromatic heterocycles. The number of pyridine rings is 1. The molecule has 0 aliphatic carbocycles. The van der Waals surface area contributed by atoms with Gasteiger partial charge in [0.2, 0.25) is 0 Å². The van der Waals surface area contributed by atoms with Crippen LogP contribution in [0, 0.1) is 6.92 Å². The van der Waals surface area contributed by atoms with Gasteiger partial charge in [-0.05, 0) is 43.3 Å². The Morgan fingerprint density at radius 1 is 1.00 bits per heavy atom. The average Bonchev–Trinajstić information content (AvgIpc) is 3.42. The number of thiazole rings is 1. The minimum atomic E-state index is -0.149. The molecule has 0 saturated carbocycles. The largest absolute Gasteiger partial charge is 0.278 e. The van der Waals surface area contributed by atoms with Gasteiger partial charge in [0.05, 0.1) is 45.6 Å². The zero-order valence-electron chi connectivity index (χ0n) is 16.8. The Bertz CT molecular complexity index is 1310. The molecule has 3 heterocycles. The minimum absolute atomic E-state index is 0.149. The maximum Gasteiger partial charge on any atom is 0.263 e.